The van der Waals surface area contributed by atoms with Gasteiger partial charge in [0.05, 0.1) is 11.9 Å². The third kappa shape index (κ3) is 7.85. The summed E-state index contributed by atoms with van der Waals surface area (Å²) in [6.07, 6.45) is 4.99. The molecule has 1 atom stereocenters. The largest absolute Gasteiger partial charge is 0.352 e. The molecule has 0 heterocycles. The van der Waals surface area contributed by atoms with Gasteiger partial charge in [-0.2, -0.15) is 0 Å². The Morgan fingerprint density at radius 3 is 2.19 bits per heavy atom. The van der Waals surface area contributed by atoms with E-state index in [1.165, 1.54) is 4.90 Å². The Morgan fingerprint density at radius 1 is 1.03 bits per heavy atom. The van der Waals surface area contributed by atoms with Gasteiger partial charge in [-0.1, -0.05) is 68.1 Å². The lowest BCUT2D eigenvalue weighted by Crippen LogP contribution is -2.52. The second-order valence-electron chi connectivity index (χ2n) is 9.94. The minimum atomic E-state index is -3.79. The van der Waals surface area contributed by atoms with E-state index >= 15 is 0 Å². The van der Waals surface area contributed by atoms with Crippen molar-refractivity contribution in [1.82, 2.24) is 10.2 Å². The second kappa shape index (κ2) is 12.5. The Morgan fingerprint density at radius 2 is 1.65 bits per heavy atom. The van der Waals surface area contributed by atoms with Gasteiger partial charge < -0.3 is 10.2 Å². The van der Waals surface area contributed by atoms with E-state index in [1.807, 2.05) is 26.0 Å². The van der Waals surface area contributed by atoms with E-state index in [4.69, 9.17) is 23.2 Å². The zero-order chi connectivity index (χ0) is 27.3. The number of hydrogen-bond acceptors (Lipinski definition) is 4. The summed E-state index contributed by atoms with van der Waals surface area (Å²) in [5.41, 5.74) is 2.04. The molecule has 202 valence electrons. The standard InChI is InChI=1S/C27H35Cl2N3O4S/c1-18(2)20-10-13-24(14-11-20)32(37(4,35)36)17-26(33)31(16-21-9-12-22(28)15-25(21)29)19(3)27(34)30-23-7-5-6-8-23/h9-15,18-19,23H,5-8,16-17H2,1-4H3,(H,30,34)/t19-/m0/s1. The molecule has 0 saturated heterocycles. The van der Waals surface area contributed by atoms with E-state index in [1.54, 1.807) is 37.3 Å². The highest BCUT2D eigenvalue weighted by Crippen LogP contribution is 2.26. The van der Waals surface area contributed by atoms with Gasteiger partial charge in [-0.25, -0.2) is 8.42 Å². The maximum Gasteiger partial charge on any atom is 0.244 e. The number of benzene rings is 2. The zero-order valence-corrected chi connectivity index (χ0v) is 24.0. The topological polar surface area (TPSA) is 86.8 Å². The highest BCUT2D eigenvalue weighted by molar-refractivity contribution is 7.92. The fourth-order valence-electron chi connectivity index (χ4n) is 4.45. The maximum atomic E-state index is 13.7. The van der Waals surface area contributed by atoms with Gasteiger partial charge in [0, 0.05) is 22.6 Å². The molecular formula is C27H35Cl2N3O4S. The van der Waals surface area contributed by atoms with Crippen LogP contribution in [-0.2, 0) is 26.2 Å². The first kappa shape index (κ1) is 29.3. The van der Waals surface area contributed by atoms with Crippen LogP contribution in [0.15, 0.2) is 42.5 Å². The zero-order valence-electron chi connectivity index (χ0n) is 21.7. The molecule has 2 amide bonds. The van der Waals surface area contributed by atoms with Crippen LogP contribution in [0.4, 0.5) is 5.69 Å². The number of anilines is 1. The lowest BCUT2D eigenvalue weighted by molar-refractivity contribution is -0.139. The Kier molecular flexibility index (Phi) is 9.89. The summed E-state index contributed by atoms with van der Waals surface area (Å²) in [6.45, 7) is 5.31. The molecule has 1 N–H and O–H groups in total. The molecule has 37 heavy (non-hydrogen) atoms. The quantitative estimate of drug-likeness (QED) is 0.418. The smallest absolute Gasteiger partial charge is 0.244 e. The van der Waals surface area contributed by atoms with Crippen LogP contribution in [0.25, 0.3) is 0 Å². The second-order valence-corrected chi connectivity index (χ2v) is 12.7. The van der Waals surface area contributed by atoms with E-state index in [-0.39, 0.29) is 24.4 Å². The summed E-state index contributed by atoms with van der Waals surface area (Å²) in [5.74, 6) is -0.516. The number of nitrogens with zero attached hydrogens (tertiary/aromatic N) is 2. The average Bonchev–Trinajstić information content (AvgIpc) is 3.34. The number of halogens is 2. The molecule has 7 nitrogen and oxygen atoms in total. The molecule has 3 rings (SSSR count). The van der Waals surface area contributed by atoms with Crippen molar-refractivity contribution in [2.24, 2.45) is 0 Å². The number of rotatable bonds is 10. The highest BCUT2D eigenvalue weighted by atomic mass is 35.5. The first-order chi connectivity index (χ1) is 17.4. The van der Waals surface area contributed by atoms with Crippen LogP contribution in [0.1, 0.15) is 63.5 Å². The van der Waals surface area contributed by atoms with Gasteiger partial charge in [0.15, 0.2) is 0 Å². The summed E-state index contributed by atoms with van der Waals surface area (Å²) in [5, 5.41) is 3.85. The number of amides is 2. The maximum absolute atomic E-state index is 13.7. The molecule has 0 unspecified atom stereocenters. The SMILES string of the molecule is CC(C)c1ccc(N(CC(=O)N(Cc2ccc(Cl)cc2Cl)[C@@H](C)C(=O)NC2CCCC2)S(C)(=O)=O)cc1. The minimum absolute atomic E-state index is 0.0258. The van der Waals surface area contributed by atoms with Crippen LogP contribution in [0, 0.1) is 0 Å². The molecule has 2 aromatic carbocycles. The molecule has 2 aromatic rings. The van der Waals surface area contributed by atoms with Crippen molar-refractivity contribution in [2.45, 2.75) is 71.0 Å². The molecule has 1 saturated carbocycles. The monoisotopic (exact) mass is 567 g/mol. The van der Waals surface area contributed by atoms with E-state index in [0.717, 1.165) is 41.8 Å². The van der Waals surface area contributed by atoms with Crippen molar-refractivity contribution in [1.29, 1.82) is 0 Å². The summed E-state index contributed by atoms with van der Waals surface area (Å²) in [7, 11) is -3.79. The van der Waals surface area contributed by atoms with Crippen molar-refractivity contribution >= 4 is 50.7 Å². The van der Waals surface area contributed by atoms with Crippen LogP contribution >= 0.6 is 23.2 Å². The molecule has 1 fully saturated rings. The van der Waals surface area contributed by atoms with Crippen molar-refractivity contribution in [3.8, 4) is 0 Å². The van der Waals surface area contributed by atoms with E-state index in [9.17, 15) is 18.0 Å². The van der Waals surface area contributed by atoms with Gasteiger partial charge >= 0.3 is 0 Å². The number of nitrogens with one attached hydrogen (secondary N) is 1. The van der Waals surface area contributed by atoms with Gasteiger partial charge in [0.2, 0.25) is 21.8 Å². The fourth-order valence-corrected chi connectivity index (χ4v) is 5.77. The van der Waals surface area contributed by atoms with Crippen molar-refractivity contribution in [2.75, 3.05) is 17.1 Å². The molecule has 0 spiro atoms. The summed E-state index contributed by atoms with van der Waals surface area (Å²) in [6, 6.07) is 11.3. The number of carbonyl (C=O) groups is 2. The Hall–Kier alpha value is -2.29. The van der Waals surface area contributed by atoms with Crippen molar-refractivity contribution < 1.29 is 18.0 Å². The Labute approximate surface area is 230 Å². The van der Waals surface area contributed by atoms with Crippen LogP contribution in [0.5, 0.6) is 0 Å². The van der Waals surface area contributed by atoms with E-state index in [0.29, 0.717) is 21.3 Å². The summed E-state index contributed by atoms with van der Waals surface area (Å²) in [4.78, 5) is 28.2. The van der Waals surface area contributed by atoms with Gasteiger partial charge in [0.25, 0.3) is 0 Å². The molecule has 0 bridgehead atoms. The molecule has 1 aliphatic rings. The van der Waals surface area contributed by atoms with Crippen LogP contribution < -0.4 is 9.62 Å². The van der Waals surface area contributed by atoms with Gasteiger partial charge in [-0.3, -0.25) is 13.9 Å². The third-order valence-electron chi connectivity index (χ3n) is 6.75. The molecular weight excluding hydrogens is 533 g/mol. The van der Waals surface area contributed by atoms with E-state index < -0.39 is 28.5 Å². The summed E-state index contributed by atoms with van der Waals surface area (Å²) < 4.78 is 26.5. The Balaban J connectivity index is 1.90. The predicted molar refractivity (Wildman–Crippen MR) is 150 cm³/mol. The van der Waals surface area contributed by atoms with Crippen molar-refractivity contribution in [3.05, 3.63) is 63.6 Å². The van der Waals surface area contributed by atoms with Crippen molar-refractivity contribution in [3.63, 3.8) is 0 Å². The Bertz CT molecular complexity index is 1210. The molecule has 0 radical (unpaired) electrons. The number of sulfonamides is 1. The van der Waals surface area contributed by atoms with E-state index in [2.05, 4.69) is 5.32 Å². The van der Waals surface area contributed by atoms with Gasteiger partial charge in [-0.15, -0.1) is 0 Å². The molecule has 0 aromatic heterocycles. The lowest BCUT2D eigenvalue weighted by Gasteiger charge is -2.32. The highest BCUT2D eigenvalue weighted by Gasteiger charge is 2.31. The lowest BCUT2D eigenvalue weighted by atomic mass is 10.0. The minimum Gasteiger partial charge on any atom is -0.352 e. The third-order valence-corrected chi connectivity index (χ3v) is 8.48. The number of carbonyl (C=O) groups excluding carboxylic acids is 2. The average molecular weight is 569 g/mol. The molecule has 0 aliphatic heterocycles. The van der Waals surface area contributed by atoms with Gasteiger partial charge in [-0.05, 0) is 61.1 Å². The predicted octanol–water partition coefficient (Wildman–Crippen LogP) is 5.36. The molecule has 1 aliphatic carbocycles. The molecule has 10 heteroatoms. The summed E-state index contributed by atoms with van der Waals surface area (Å²) >= 11 is 12.4. The van der Waals surface area contributed by atoms with Crippen LogP contribution in [0.2, 0.25) is 10.0 Å². The van der Waals surface area contributed by atoms with Crippen LogP contribution in [0.3, 0.4) is 0 Å². The van der Waals surface area contributed by atoms with Crippen LogP contribution in [-0.4, -0.2) is 50.0 Å². The number of hydrogen-bond donors (Lipinski definition) is 1. The first-order valence-electron chi connectivity index (χ1n) is 12.5. The first-order valence-corrected chi connectivity index (χ1v) is 15.1. The normalized spacial score (nSPS) is 15.0. The van der Waals surface area contributed by atoms with Gasteiger partial charge in [0.1, 0.15) is 12.6 Å². The fraction of sp³-hybridized carbons (Fsp3) is 0.481.